The van der Waals surface area contributed by atoms with Crippen LogP contribution in [0.2, 0.25) is 0 Å². The molecule has 8 heteroatoms. The van der Waals surface area contributed by atoms with Crippen molar-refractivity contribution in [2.75, 3.05) is 52.9 Å². The molecule has 49 heavy (non-hydrogen) atoms. The molecule has 0 N–H and O–H groups in total. The van der Waals surface area contributed by atoms with Crippen LogP contribution in [0.4, 0.5) is 0 Å². The molecular formula is C41H44O8. The topological polar surface area (TPSA) is 89.5 Å². The molecule has 0 saturated heterocycles. The minimum absolute atomic E-state index is 0.152. The van der Waals surface area contributed by atoms with E-state index < -0.39 is 11.4 Å². The molecule has 0 aromatic heterocycles. The van der Waals surface area contributed by atoms with Crippen molar-refractivity contribution in [2.45, 2.75) is 26.2 Å². The summed E-state index contributed by atoms with van der Waals surface area (Å²) in [6.07, 6.45) is 0. The van der Waals surface area contributed by atoms with Crippen molar-refractivity contribution in [3.63, 3.8) is 0 Å². The molecule has 1 aliphatic carbocycles. The van der Waals surface area contributed by atoms with Crippen molar-refractivity contribution in [3.8, 4) is 22.6 Å². The molecule has 0 atom stereocenters. The van der Waals surface area contributed by atoms with E-state index in [1.807, 2.05) is 24.3 Å². The van der Waals surface area contributed by atoms with Gasteiger partial charge in [0.2, 0.25) is 0 Å². The van der Waals surface area contributed by atoms with Gasteiger partial charge in [0.05, 0.1) is 37.8 Å². The Balaban J connectivity index is 1.27. The normalized spacial score (nSPS) is 12.6. The summed E-state index contributed by atoms with van der Waals surface area (Å²) in [7, 11) is 0. The highest BCUT2D eigenvalue weighted by Crippen LogP contribution is 2.56. The number of carbonyl (C=O) groups excluding carboxylic acids is 2. The zero-order valence-corrected chi connectivity index (χ0v) is 28.4. The summed E-state index contributed by atoms with van der Waals surface area (Å²) in [4.78, 5) is 23.1. The van der Waals surface area contributed by atoms with Crippen molar-refractivity contribution in [2.24, 2.45) is 5.92 Å². The van der Waals surface area contributed by atoms with Crippen LogP contribution in [-0.4, -0.2) is 64.8 Å². The summed E-state index contributed by atoms with van der Waals surface area (Å²) >= 11 is 0. The summed E-state index contributed by atoms with van der Waals surface area (Å²) in [5, 5.41) is 0. The maximum absolute atomic E-state index is 11.6. The second-order valence-corrected chi connectivity index (χ2v) is 12.1. The van der Waals surface area contributed by atoms with Gasteiger partial charge in [0.25, 0.3) is 0 Å². The lowest BCUT2D eigenvalue weighted by molar-refractivity contribution is -0.149. The van der Waals surface area contributed by atoms with Crippen molar-refractivity contribution >= 4 is 11.9 Å². The number of hydrogen-bond donors (Lipinski definition) is 0. The number of fused-ring (bicyclic) bond motifs is 3. The fourth-order valence-corrected chi connectivity index (χ4v) is 5.95. The van der Waals surface area contributed by atoms with Crippen LogP contribution in [-0.2, 0) is 34.0 Å². The Morgan fingerprint density at radius 3 is 1.47 bits per heavy atom. The molecule has 0 aliphatic heterocycles. The number of carbonyl (C=O) groups is 2. The molecule has 0 heterocycles. The molecule has 1 aliphatic rings. The van der Waals surface area contributed by atoms with Gasteiger partial charge < -0.3 is 28.4 Å². The van der Waals surface area contributed by atoms with Crippen LogP contribution in [0.15, 0.2) is 109 Å². The van der Waals surface area contributed by atoms with Crippen LogP contribution in [0.3, 0.4) is 0 Å². The second kappa shape index (κ2) is 17.0. The van der Waals surface area contributed by atoms with Crippen molar-refractivity contribution in [3.05, 3.63) is 131 Å². The first-order valence-electron chi connectivity index (χ1n) is 16.6. The average molecular weight is 665 g/mol. The van der Waals surface area contributed by atoms with Gasteiger partial charge in [-0.1, -0.05) is 93.2 Å². The Hall–Kier alpha value is -4.92. The van der Waals surface area contributed by atoms with Gasteiger partial charge in [-0.15, -0.1) is 0 Å². The first kappa shape index (κ1) is 35.4. The molecule has 0 spiro atoms. The summed E-state index contributed by atoms with van der Waals surface area (Å²) < 4.78 is 33.3. The number of rotatable bonds is 18. The predicted octanol–water partition coefficient (Wildman–Crippen LogP) is 7.16. The van der Waals surface area contributed by atoms with E-state index in [2.05, 4.69) is 79.4 Å². The molecule has 4 aromatic rings. The summed E-state index contributed by atoms with van der Waals surface area (Å²) in [6, 6.07) is 33.7. The van der Waals surface area contributed by atoms with Gasteiger partial charge in [-0.2, -0.15) is 0 Å². The zero-order chi connectivity index (χ0) is 34.6. The van der Waals surface area contributed by atoms with Gasteiger partial charge in [0, 0.05) is 5.57 Å². The monoisotopic (exact) mass is 664 g/mol. The fourth-order valence-electron chi connectivity index (χ4n) is 5.95. The fraction of sp³-hybridized carbons (Fsp3) is 0.317. The van der Waals surface area contributed by atoms with E-state index in [9.17, 15) is 9.59 Å². The first-order chi connectivity index (χ1) is 23.8. The van der Waals surface area contributed by atoms with Crippen molar-refractivity contribution in [1.29, 1.82) is 0 Å². The number of esters is 2. The highest BCUT2D eigenvalue weighted by atomic mass is 16.6. The van der Waals surface area contributed by atoms with E-state index in [1.54, 1.807) is 20.8 Å². The van der Waals surface area contributed by atoms with E-state index >= 15 is 0 Å². The maximum Gasteiger partial charge on any atom is 0.333 e. The van der Waals surface area contributed by atoms with Crippen molar-refractivity contribution in [1.82, 2.24) is 0 Å². The Bertz CT molecular complexity index is 1660. The largest absolute Gasteiger partial charge is 0.491 e. The molecule has 0 fully saturated rings. The molecule has 5 rings (SSSR count). The lowest BCUT2D eigenvalue weighted by Gasteiger charge is -2.34. The molecule has 0 amide bonds. The lowest BCUT2D eigenvalue weighted by atomic mass is 9.68. The Kier molecular flexibility index (Phi) is 12.2. The standard InChI is InChI=1S/C41H44O8/c1-29(2)39(42)48-27-23-44-21-25-46-33-17-13-31(14-18-33)41(37-11-7-5-9-35(37)36-10-6-8-12-38(36)41)32-15-19-34(20-16-32)47-26-22-45-24-28-49-40(43)30(3)4/h5-20,30H,1,21-28H2,2-4H3. The van der Waals surface area contributed by atoms with Gasteiger partial charge in [-0.25, -0.2) is 4.79 Å². The van der Waals surface area contributed by atoms with E-state index in [-0.39, 0.29) is 31.7 Å². The van der Waals surface area contributed by atoms with Crippen LogP contribution in [0.1, 0.15) is 43.0 Å². The molecule has 8 nitrogen and oxygen atoms in total. The maximum atomic E-state index is 11.6. The average Bonchev–Trinajstić information content (AvgIpc) is 3.42. The number of ether oxygens (including phenoxy) is 6. The predicted molar refractivity (Wildman–Crippen MR) is 188 cm³/mol. The molecule has 0 saturated carbocycles. The molecule has 0 bridgehead atoms. The van der Waals surface area contributed by atoms with Gasteiger partial charge in [0.15, 0.2) is 0 Å². The van der Waals surface area contributed by atoms with Gasteiger partial charge in [-0.3, -0.25) is 4.79 Å². The molecular weight excluding hydrogens is 620 g/mol. The highest BCUT2D eigenvalue weighted by molar-refractivity contribution is 5.87. The van der Waals surface area contributed by atoms with Gasteiger partial charge in [0.1, 0.15) is 37.9 Å². The van der Waals surface area contributed by atoms with E-state index in [4.69, 9.17) is 28.4 Å². The molecule has 0 unspecified atom stereocenters. The smallest absolute Gasteiger partial charge is 0.333 e. The molecule has 0 radical (unpaired) electrons. The van der Waals surface area contributed by atoms with Crippen LogP contribution in [0.25, 0.3) is 11.1 Å². The summed E-state index contributed by atoms with van der Waals surface area (Å²) in [5.74, 6) is 0.678. The first-order valence-corrected chi connectivity index (χ1v) is 16.6. The SMILES string of the molecule is C=C(C)C(=O)OCCOCCOc1ccc(C2(c3ccc(OCCOCCOC(=O)C(C)C)cc3)c3ccccc3-c3ccccc32)cc1. The van der Waals surface area contributed by atoms with Crippen LogP contribution < -0.4 is 9.47 Å². The third-order valence-corrected chi connectivity index (χ3v) is 8.27. The third-order valence-electron chi connectivity index (χ3n) is 8.27. The van der Waals surface area contributed by atoms with E-state index in [0.29, 0.717) is 38.6 Å². The van der Waals surface area contributed by atoms with E-state index in [1.165, 1.54) is 22.3 Å². The number of benzene rings is 4. The van der Waals surface area contributed by atoms with Crippen LogP contribution in [0.5, 0.6) is 11.5 Å². The third kappa shape index (κ3) is 8.39. The number of hydrogen-bond acceptors (Lipinski definition) is 8. The minimum atomic E-state index is -0.550. The minimum Gasteiger partial charge on any atom is -0.491 e. The summed E-state index contributed by atoms with van der Waals surface area (Å²) in [6.45, 7) is 11.3. The van der Waals surface area contributed by atoms with E-state index in [0.717, 1.165) is 22.6 Å². The Labute approximate surface area is 288 Å². The molecule has 4 aromatic carbocycles. The zero-order valence-electron chi connectivity index (χ0n) is 28.4. The van der Waals surface area contributed by atoms with Gasteiger partial charge >= 0.3 is 11.9 Å². The quantitative estimate of drug-likeness (QED) is 0.0554. The molecule has 256 valence electrons. The second-order valence-electron chi connectivity index (χ2n) is 12.1. The van der Waals surface area contributed by atoms with Crippen molar-refractivity contribution < 1.29 is 38.0 Å². The van der Waals surface area contributed by atoms with Crippen LogP contribution >= 0.6 is 0 Å². The van der Waals surface area contributed by atoms with Gasteiger partial charge in [-0.05, 0) is 64.6 Å². The Morgan fingerprint density at radius 2 is 1.02 bits per heavy atom. The van der Waals surface area contributed by atoms with Crippen LogP contribution in [0, 0.1) is 5.92 Å². The highest BCUT2D eigenvalue weighted by Gasteiger charge is 2.45. The summed E-state index contributed by atoms with van der Waals surface area (Å²) in [5.41, 5.74) is 6.90. The lowest BCUT2D eigenvalue weighted by Crippen LogP contribution is -2.28. The Morgan fingerprint density at radius 1 is 0.592 bits per heavy atom.